The van der Waals surface area contributed by atoms with Gasteiger partial charge in [0.25, 0.3) is 0 Å². The number of amides is 1. The quantitative estimate of drug-likeness (QED) is 0.0897. The number of unbranched alkanes of at least 4 members (excludes halogenated alkanes) is 5. The van der Waals surface area contributed by atoms with Crippen molar-refractivity contribution in [1.29, 1.82) is 0 Å². The number of methoxy groups -OCH3 is 2. The summed E-state index contributed by atoms with van der Waals surface area (Å²) in [6.45, 7) is 5.32. The predicted octanol–water partition coefficient (Wildman–Crippen LogP) is 6.68. The molecule has 0 unspecified atom stereocenters. The largest absolute Gasteiger partial charge is 0.497 e. The van der Waals surface area contributed by atoms with Crippen LogP contribution in [0.1, 0.15) is 81.9 Å². The van der Waals surface area contributed by atoms with Crippen LogP contribution in [0.5, 0.6) is 11.5 Å². The number of hydrogen-bond acceptors (Lipinski definition) is 6. The summed E-state index contributed by atoms with van der Waals surface area (Å²) < 4.78 is 18.2. The van der Waals surface area contributed by atoms with Gasteiger partial charge in [-0.3, -0.25) is 9.59 Å². The van der Waals surface area contributed by atoms with Crippen molar-refractivity contribution < 1.29 is 34.0 Å². The van der Waals surface area contributed by atoms with E-state index in [0.29, 0.717) is 25.9 Å². The maximum absolute atomic E-state index is 13.4. The zero-order valence-electron chi connectivity index (χ0n) is 29.4. The molecule has 4 rings (SSSR count). The van der Waals surface area contributed by atoms with Gasteiger partial charge >= 0.3 is 5.97 Å². The molecule has 3 aromatic rings. The Morgan fingerprint density at radius 1 is 0.708 bits per heavy atom. The molecule has 1 heterocycles. The Labute approximate surface area is 298 Å². The van der Waals surface area contributed by atoms with Gasteiger partial charge < -0.3 is 29.3 Å². The van der Waals surface area contributed by atoms with Crippen LogP contribution in [0.2, 0.25) is 0 Å². The number of carboxylic acid groups (broad SMARTS) is 1. The van der Waals surface area contributed by atoms with E-state index in [0.717, 1.165) is 60.3 Å². The molecule has 9 heteroatoms. The number of ether oxygens (including phenoxy) is 3. The van der Waals surface area contributed by atoms with Crippen molar-refractivity contribution in [2.45, 2.75) is 70.8 Å². The molecule has 2 atom stereocenters. The Morgan fingerprint density at radius 3 is 1.65 bits per heavy atom. The van der Waals surface area contributed by atoms with Crippen molar-refractivity contribution in [1.82, 2.24) is 4.90 Å². The predicted molar refractivity (Wildman–Crippen MR) is 188 cm³/mol. The van der Waals surface area contributed by atoms with Crippen molar-refractivity contribution in [2.75, 3.05) is 40.5 Å². The number of likely N-dealkylation sites (tertiary alicyclic amines) is 1. The van der Waals surface area contributed by atoms with Crippen LogP contribution in [0, 0.1) is 10.8 Å². The molecular weight excluding hydrogens is 601 g/mol. The Kier molecular flexibility index (Phi) is 14.6. The molecule has 1 amide bonds. The van der Waals surface area contributed by atoms with Crippen LogP contribution in [0.25, 0.3) is 0 Å². The Balaban J connectivity index is 0.00000625. The molecule has 0 spiro atoms. The number of aliphatic hydroxyl groups excluding tert-OH is 1. The maximum atomic E-state index is 13.4. The molecule has 0 saturated carbocycles. The van der Waals surface area contributed by atoms with Gasteiger partial charge in [0.15, 0.2) is 0 Å². The van der Waals surface area contributed by atoms with Crippen LogP contribution < -0.4 is 9.47 Å². The second-order valence-corrected chi connectivity index (χ2v) is 13.3. The monoisotopic (exact) mass is 652 g/mol. The normalized spacial score (nSPS) is 19.1. The van der Waals surface area contributed by atoms with Crippen molar-refractivity contribution in [3.8, 4) is 11.5 Å². The summed E-state index contributed by atoms with van der Waals surface area (Å²) in [4.78, 5) is 26.1. The SMILES string of the molecule is COc1ccc(C(OC[C@]2(C)CN(C(=O)CCCCCCCCC(=O)O)C[C@]2(C)CO)(c2ccccc2)c2ccc(OC)cc2)cc1.[Li]. The number of carbonyl (C=O) groups excluding carboxylic acids is 1. The van der Waals surface area contributed by atoms with Gasteiger partial charge in [-0.15, -0.1) is 0 Å². The first kappa shape index (κ1) is 39.2. The maximum Gasteiger partial charge on any atom is 0.303 e. The van der Waals surface area contributed by atoms with E-state index in [4.69, 9.17) is 19.3 Å². The van der Waals surface area contributed by atoms with E-state index in [1.807, 2.05) is 78.6 Å². The van der Waals surface area contributed by atoms with Gasteiger partial charge in [0.1, 0.15) is 17.1 Å². The average molecular weight is 653 g/mol. The minimum atomic E-state index is -0.999. The number of aliphatic carboxylic acids is 1. The number of rotatable bonds is 18. The van der Waals surface area contributed by atoms with Gasteiger partial charge in [0.05, 0.1) is 27.4 Å². The molecule has 0 bridgehead atoms. The number of benzene rings is 3. The third-order valence-corrected chi connectivity index (χ3v) is 10.1. The van der Waals surface area contributed by atoms with E-state index >= 15 is 0 Å². The fourth-order valence-electron chi connectivity index (χ4n) is 6.68. The molecule has 1 aliphatic heterocycles. The number of nitrogens with zero attached hydrogens (tertiary/aromatic N) is 1. The zero-order valence-corrected chi connectivity index (χ0v) is 29.4. The molecule has 1 aliphatic rings. The fourth-order valence-corrected chi connectivity index (χ4v) is 6.68. The molecule has 0 aromatic heterocycles. The first-order valence-electron chi connectivity index (χ1n) is 16.7. The zero-order chi connectivity index (χ0) is 33.9. The Hall–Kier alpha value is -3.28. The summed E-state index contributed by atoms with van der Waals surface area (Å²) >= 11 is 0. The van der Waals surface area contributed by atoms with Crippen LogP contribution in [-0.4, -0.2) is 86.4 Å². The first-order valence-corrected chi connectivity index (χ1v) is 16.7. The minimum Gasteiger partial charge on any atom is -0.497 e. The second kappa shape index (κ2) is 17.9. The summed E-state index contributed by atoms with van der Waals surface area (Å²) in [5.74, 6) is 0.835. The van der Waals surface area contributed by atoms with Crippen LogP contribution in [0.3, 0.4) is 0 Å². The third kappa shape index (κ3) is 9.03. The molecule has 8 nitrogen and oxygen atoms in total. The van der Waals surface area contributed by atoms with E-state index in [-0.39, 0.29) is 44.4 Å². The van der Waals surface area contributed by atoms with E-state index in [1.54, 1.807) is 14.2 Å². The summed E-state index contributed by atoms with van der Waals surface area (Å²) in [5, 5.41) is 19.6. The van der Waals surface area contributed by atoms with Crippen molar-refractivity contribution in [3.05, 3.63) is 95.6 Å². The van der Waals surface area contributed by atoms with Gasteiger partial charge in [0, 0.05) is 55.6 Å². The molecule has 2 N–H and O–H groups in total. The molecule has 0 aliphatic carbocycles. The molecule has 255 valence electrons. The third-order valence-electron chi connectivity index (χ3n) is 10.1. The van der Waals surface area contributed by atoms with Crippen LogP contribution in [0.15, 0.2) is 78.9 Å². The van der Waals surface area contributed by atoms with Crippen LogP contribution in [-0.2, 0) is 19.9 Å². The summed E-state index contributed by atoms with van der Waals surface area (Å²) in [5.41, 5.74) is 0.700. The van der Waals surface area contributed by atoms with Gasteiger partial charge in [-0.1, -0.05) is 94.1 Å². The van der Waals surface area contributed by atoms with Crippen molar-refractivity contribution in [3.63, 3.8) is 0 Å². The van der Waals surface area contributed by atoms with Crippen LogP contribution >= 0.6 is 0 Å². The standard InChI is InChI=1S/C39H51NO7.Li/c1-37(28-41)26-40(35(42)16-12-7-5-6-8-13-17-36(43)44)27-38(37,2)29-47-39(30-14-10-9-11-15-30,31-18-22-33(45-3)23-19-31)32-20-24-34(46-4)25-21-32;/h9-11,14-15,18-25,41H,5-8,12-13,16-17,26-29H2,1-4H3,(H,43,44);/t37-,38+;/m1./s1. The van der Waals surface area contributed by atoms with Crippen molar-refractivity contribution >= 4 is 30.7 Å². The topological polar surface area (TPSA) is 106 Å². The van der Waals surface area contributed by atoms with Gasteiger partial charge in [-0.2, -0.15) is 0 Å². The summed E-state index contributed by atoms with van der Waals surface area (Å²) in [7, 11) is 3.29. The minimum absolute atomic E-state index is 0. The number of aliphatic hydroxyl groups is 1. The number of carbonyl (C=O) groups is 2. The average Bonchev–Trinajstić information content (AvgIpc) is 3.37. The van der Waals surface area contributed by atoms with Gasteiger partial charge in [0.2, 0.25) is 5.91 Å². The molecule has 1 radical (unpaired) electrons. The van der Waals surface area contributed by atoms with Crippen molar-refractivity contribution in [2.24, 2.45) is 10.8 Å². The molecule has 48 heavy (non-hydrogen) atoms. The molecule has 3 aromatic carbocycles. The summed E-state index contributed by atoms with van der Waals surface area (Å²) in [6, 6.07) is 26.0. The van der Waals surface area contributed by atoms with Gasteiger partial charge in [-0.25, -0.2) is 0 Å². The van der Waals surface area contributed by atoms with E-state index < -0.39 is 22.4 Å². The summed E-state index contributed by atoms with van der Waals surface area (Å²) in [6.07, 6.45) is 5.98. The van der Waals surface area contributed by atoms with Crippen LogP contribution in [0.4, 0.5) is 0 Å². The Bertz CT molecular complexity index is 1390. The molecule has 1 fully saturated rings. The Morgan fingerprint density at radius 2 is 1.17 bits per heavy atom. The first-order chi connectivity index (χ1) is 22.6. The van der Waals surface area contributed by atoms with E-state index in [2.05, 4.69) is 19.1 Å². The number of carboxylic acids is 1. The molecule has 1 saturated heterocycles. The molecular formula is C39H51LiNO7. The van der Waals surface area contributed by atoms with Gasteiger partial charge in [-0.05, 0) is 53.8 Å². The number of hydrogen-bond donors (Lipinski definition) is 2. The fraction of sp³-hybridized carbons (Fsp3) is 0.487. The van der Waals surface area contributed by atoms with E-state index in [9.17, 15) is 14.7 Å². The van der Waals surface area contributed by atoms with E-state index in [1.165, 1.54) is 0 Å². The second-order valence-electron chi connectivity index (χ2n) is 13.3. The smallest absolute Gasteiger partial charge is 0.303 e.